The molecule has 0 saturated carbocycles. The van der Waals surface area contributed by atoms with E-state index in [1.807, 2.05) is 52.0 Å². The summed E-state index contributed by atoms with van der Waals surface area (Å²) in [5, 5.41) is 6.03. The molecule has 134 valence electrons. The molecule has 1 amide bonds. The Hall–Kier alpha value is -2.80. The summed E-state index contributed by atoms with van der Waals surface area (Å²) in [5.74, 6) is 0.334. The van der Waals surface area contributed by atoms with Gasteiger partial charge in [0, 0.05) is 22.9 Å². The fourth-order valence-corrected chi connectivity index (χ4v) is 2.43. The summed E-state index contributed by atoms with van der Waals surface area (Å²) in [5.41, 5.74) is 3.22. The summed E-state index contributed by atoms with van der Waals surface area (Å²) in [6.45, 7) is 7.45. The molecule has 0 spiro atoms. The number of aryl methyl sites for hydroxylation is 1. The Morgan fingerprint density at radius 1 is 1.23 bits per heavy atom. The molecule has 3 rings (SSSR count). The van der Waals surface area contributed by atoms with Crippen molar-refractivity contribution in [2.45, 2.75) is 27.7 Å². The molecule has 0 saturated heterocycles. The smallest absolute Gasteiger partial charge is 0.231 e. The van der Waals surface area contributed by atoms with Crippen molar-refractivity contribution in [3.05, 3.63) is 42.1 Å². The minimum absolute atomic E-state index is 0.145. The van der Waals surface area contributed by atoms with Crippen molar-refractivity contribution in [2.75, 3.05) is 5.32 Å². The number of pyridine rings is 1. The average molecular weight is 368 g/mol. The largest absolute Gasteiger partial charge is 0.434 e. The first-order valence-corrected chi connectivity index (χ1v) is 8.60. The maximum Gasteiger partial charge on any atom is 0.231 e. The van der Waals surface area contributed by atoms with Crippen LogP contribution in [0.1, 0.15) is 26.3 Å². The van der Waals surface area contributed by atoms with Gasteiger partial charge in [0.25, 0.3) is 0 Å². The number of aromatic nitrogens is 2. The number of carbonyl (C=O) groups excluding carboxylic acids is 1. The molecule has 6 nitrogen and oxygen atoms in total. The summed E-state index contributed by atoms with van der Waals surface area (Å²) < 4.78 is 5.76. The predicted molar refractivity (Wildman–Crippen MR) is 106 cm³/mol. The monoisotopic (exact) mass is 368 g/mol. The minimum Gasteiger partial charge on any atom is -0.434 e. The molecule has 0 bridgehead atoms. The number of hydrogen-bond acceptors (Lipinski definition) is 5. The SMILES string of the molecule is Cc1ccc(-c2nc3ncccc3o2)cc1NC(=S)NC(=O)C(C)(C)C. The Bertz CT molecular complexity index is 956. The van der Waals surface area contributed by atoms with Gasteiger partial charge in [-0.1, -0.05) is 26.8 Å². The highest BCUT2D eigenvalue weighted by Gasteiger charge is 2.22. The quantitative estimate of drug-likeness (QED) is 0.664. The van der Waals surface area contributed by atoms with Crippen LogP contribution in [-0.2, 0) is 4.79 Å². The molecule has 7 heteroatoms. The molecule has 0 radical (unpaired) electrons. The molecular formula is C19H20N4O2S. The third kappa shape index (κ3) is 3.88. The zero-order valence-corrected chi connectivity index (χ0v) is 15.9. The van der Waals surface area contributed by atoms with E-state index in [9.17, 15) is 4.79 Å². The highest BCUT2D eigenvalue weighted by molar-refractivity contribution is 7.80. The zero-order valence-electron chi connectivity index (χ0n) is 15.1. The van der Waals surface area contributed by atoms with Gasteiger partial charge in [0.2, 0.25) is 11.8 Å². The fraction of sp³-hybridized carbons (Fsp3) is 0.263. The first-order valence-electron chi connectivity index (χ1n) is 8.19. The van der Waals surface area contributed by atoms with Crippen molar-refractivity contribution in [2.24, 2.45) is 5.41 Å². The second kappa shape index (κ2) is 6.84. The number of amides is 1. The number of thiocarbonyl (C=S) groups is 1. The van der Waals surface area contributed by atoms with Gasteiger partial charge in [-0.3, -0.25) is 4.79 Å². The van der Waals surface area contributed by atoms with Crippen LogP contribution in [0, 0.1) is 12.3 Å². The molecule has 1 aromatic carbocycles. The first kappa shape index (κ1) is 18.0. The lowest BCUT2D eigenvalue weighted by atomic mass is 9.96. The molecule has 0 aliphatic rings. The van der Waals surface area contributed by atoms with Crippen LogP contribution in [0.2, 0.25) is 0 Å². The van der Waals surface area contributed by atoms with Crippen LogP contribution in [0.4, 0.5) is 5.69 Å². The summed E-state index contributed by atoms with van der Waals surface area (Å²) in [7, 11) is 0. The molecular weight excluding hydrogens is 348 g/mol. The highest BCUT2D eigenvalue weighted by atomic mass is 32.1. The van der Waals surface area contributed by atoms with Crippen LogP contribution in [0.25, 0.3) is 22.7 Å². The van der Waals surface area contributed by atoms with Gasteiger partial charge < -0.3 is 15.1 Å². The summed E-state index contributed by atoms with van der Waals surface area (Å²) in [4.78, 5) is 20.7. The van der Waals surface area contributed by atoms with Gasteiger partial charge in [0.05, 0.1) is 0 Å². The molecule has 0 fully saturated rings. The van der Waals surface area contributed by atoms with Gasteiger partial charge in [-0.2, -0.15) is 4.98 Å². The van der Waals surface area contributed by atoms with Crippen molar-refractivity contribution in [3.63, 3.8) is 0 Å². The third-order valence-corrected chi connectivity index (χ3v) is 4.01. The van der Waals surface area contributed by atoms with Crippen molar-refractivity contribution in [1.82, 2.24) is 15.3 Å². The summed E-state index contributed by atoms with van der Waals surface area (Å²) in [6.07, 6.45) is 1.67. The van der Waals surface area contributed by atoms with E-state index in [1.54, 1.807) is 12.3 Å². The lowest BCUT2D eigenvalue weighted by Gasteiger charge is -2.19. The molecule has 0 atom stereocenters. The van der Waals surface area contributed by atoms with E-state index in [0.717, 1.165) is 16.8 Å². The Morgan fingerprint density at radius 2 is 2.00 bits per heavy atom. The fourth-order valence-electron chi connectivity index (χ4n) is 2.23. The molecule has 2 N–H and O–H groups in total. The summed E-state index contributed by atoms with van der Waals surface area (Å²) in [6, 6.07) is 9.37. The third-order valence-electron chi connectivity index (χ3n) is 3.81. The predicted octanol–water partition coefficient (Wildman–Crippen LogP) is 4.06. The van der Waals surface area contributed by atoms with E-state index in [2.05, 4.69) is 20.6 Å². The van der Waals surface area contributed by atoms with Gasteiger partial charge in [-0.25, -0.2) is 4.98 Å². The number of benzene rings is 1. The topological polar surface area (TPSA) is 80.1 Å². The molecule has 3 aromatic rings. The van der Waals surface area contributed by atoms with Crippen molar-refractivity contribution in [1.29, 1.82) is 0 Å². The van der Waals surface area contributed by atoms with E-state index in [0.29, 0.717) is 17.1 Å². The normalized spacial score (nSPS) is 11.4. The average Bonchev–Trinajstić information content (AvgIpc) is 3.00. The van der Waals surface area contributed by atoms with Crippen LogP contribution in [0.3, 0.4) is 0 Å². The maximum absolute atomic E-state index is 12.1. The van der Waals surface area contributed by atoms with Gasteiger partial charge >= 0.3 is 0 Å². The van der Waals surface area contributed by atoms with E-state index in [-0.39, 0.29) is 11.0 Å². The number of nitrogens with zero attached hydrogens (tertiary/aromatic N) is 2. The molecule has 0 aliphatic carbocycles. The number of oxazole rings is 1. The molecule has 26 heavy (non-hydrogen) atoms. The maximum atomic E-state index is 12.1. The van der Waals surface area contributed by atoms with Crippen molar-refractivity contribution in [3.8, 4) is 11.5 Å². The first-order chi connectivity index (χ1) is 12.2. The molecule has 0 unspecified atom stereocenters. The number of hydrogen-bond donors (Lipinski definition) is 2. The van der Waals surface area contributed by atoms with Crippen LogP contribution in [0.5, 0.6) is 0 Å². The second-order valence-electron chi connectivity index (χ2n) is 7.03. The van der Waals surface area contributed by atoms with Gasteiger partial charge in [0.15, 0.2) is 16.3 Å². The Morgan fingerprint density at radius 3 is 2.69 bits per heavy atom. The van der Waals surface area contributed by atoms with E-state index in [4.69, 9.17) is 16.6 Å². The Balaban J connectivity index is 1.84. The standard InChI is InChI=1S/C19H20N4O2S/c1-11-7-8-12(16-22-15-14(25-16)6-5-9-20-15)10-13(11)21-18(26)23-17(24)19(2,3)4/h5-10H,1-4H3,(H2,21,23,24,26). The molecule has 2 heterocycles. The van der Waals surface area contributed by atoms with Crippen LogP contribution in [-0.4, -0.2) is 21.0 Å². The highest BCUT2D eigenvalue weighted by Crippen LogP contribution is 2.27. The van der Waals surface area contributed by atoms with E-state index in [1.165, 1.54) is 0 Å². The molecule has 0 aliphatic heterocycles. The van der Waals surface area contributed by atoms with Crippen molar-refractivity contribution < 1.29 is 9.21 Å². The Kier molecular flexibility index (Phi) is 4.73. The number of carbonyl (C=O) groups is 1. The Labute approximate surface area is 157 Å². The van der Waals surface area contributed by atoms with E-state index >= 15 is 0 Å². The zero-order chi connectivity index (χ0) is 18.9. The van der Waals surface area contributed by atoms with Crippen molar-refractivity contribution >= 4 is 40.2 Å². The number of nitrogens with one attached hydrogen (secondary N) is 2. The summed E-state index contributed by atoms with van der Waals surface area (Å²) >= 11 is 5.26. The lowest BCUT2D eigenvalue weighted by molar-refractivity contribution is -0.126. The molecule has 2 aromatic heterocycles. The number of rotatable bonds is 2. The van der Waals surface area contributed by atoms with Crippen LogP contribution < -0.4 is 10.6 Å². The number of fused-ring (bicyclic) bond motifs is 1. The van der Waals surface area contributed by atoms with Gasteiger partial charge in [-0.15, -0.1) is 0 Å². The van der Waals surface area contributed by atoms with Gasteiger partial charge in [-0.05, 0) is 49.0 Å². The van der Waals surface area contributed by atoms with Crippen LogP contribution >= 0.6 is 12.2 Å². The number of anilines is 1. The van der Waals surface area contributed by atoms with Gasteiger partial charge in [0.1, 0.15) is 0 Å². The second-order valence-corrected chi connectivity index (χ2v) is 7.44. The van der Waals surface area contributed by atoms with E-state index < -0.39 is 5.41 Å². The van der Waals surface area contributed by atoms with Crippen LogP contribution in [0.15, 0.2) is 40.9 Å². The lowest BCUT2D eigenvalue weighted by Crippen LogP contribution is -2.41. The minimum atomic E-state index is -0.520.